The Labute approximate surface area is 226 Å². The van der Waals surface area contributed by atoms with Crippen LogP contribution < -0.4 is 4.74 Å². The molecule has 2 heterocycles. The molecule has 1 atom stereocenters. The van der Waals surface area contributed by atoms with Gasteiger partial charge in [-0.2, -0.15) is 0 Å². The largest absolute Gasteiger partial charge is 0.487 e. The molecule has 2 saturated heterocycles. The van der Waals surface area contributed by atoms with Gasteiger partial charge in [0.05, 0.1) is 24.7 Å². The van der Waals surface area contributed by atoms with Gasteiger partial charge in [0.1, 0.15) is 16.7 Å². The molecule has 0 aliphatic carbocycles. The van der Waals surface area contributed by atoms with E-state index in [-0.39, 0.29) is 12.0 Å². The minimum absolute atomic E-state index is 0.0360. The maximum atomic E-state index is 12.9. The lowest BCUT2D eigenvalue weighted by Gasteiger charge is -2.18. The minimum atomic E-state index is -0.0360. The molecular formula is C22H18BrI2NO3S2. The highest BCUT2D eigenvalue weighted by atomic mass is 127. The molecule has 0 bridgehead atoms. The predicted octanol–water partition coefficient (Wildman–Crippen LogP) is 6.62. The number of thioether (sulfide) groups is 1. The summed E-state index contributed by atoms with van der Waals surface area (Å²) in [5, 5.41) is 0. The van der Waals surface area contributed by atoms with Gasteiger partial charge in [0.15, 0.2) is 0 Å². The Morgan fingerprint density at radius 2 is 1.97 bits per heavy atom. The van der Waals surface area contributed by atoms with Crippen molar-refractivity contribution in [2.24, 2.45) is 0 Å². The van der Waals surface area contributed by atoms with Crippen LogP contribution in [-0.2, 0) is 16.1 Å². The van der Waals surface area contributed by atoms with Crippen LogP contribution in [0.1, 0.15) is 24.0 Å². The molecule has 2 aliphatic heterocycles. The number of benzene rings is 2. The van der Waals surface area contributed by atoms with E-state index in [1.54, 1.807) is 4.90 Å². The number of halogens is 3. The average molecular weight is 742 g/mol. The summed E-state index contributed by atoms with van der Waals surface area (Å²) in [7, 11) is 0. The number of carbonyl (C=O) groups excluding carboxylic acids is 1. The fourth-order valence-corrected chi connectivity index (χ4v) is 7.00. The van der Waals surface area contributed by atoms with Crippen LogP contribution in [0, 0.1) is 7.14 Å². The van der Waals surface area contributed by atoms with Crippen LogP contribution in [0.5, 0.6) is 5.75 Å². The van der Waals surface area contributed by atoms with Crippen LogP contribution in [0.3, 0.4) is 0 Å². The first-order valence-corrected chi connectivity index (χ1v) is 13.8. The van der Waals surface area contributed by atoms with E-state index in [1.165, 1.54) is 11.8 Å². The standard InChI is InChI=1S/C22H18BrI2NO3S2/c23-15-5-3-13(4-6-15)12-29-20-17(24)8-14(9-18(20)25)10-19-21(27)26(22(30)31-19)11-16-2-1-7-28-16/h3-6,8-10,16H,1-2,7,11-12H2/b19-10-/t16-/m1/s1. The van der Waals surface area contributed by atoms with Gasteiger partial charge in [-0.3, -0.25) is 9.69 Å². The smallest absolute Gasteiger partial charge is 0.266 e. The Hall–Kier alpha value is -0.210. The van der Waals surface area contributed by atoms with Crippen molar-refractivity contribution >= 4 is 101 Å². The van der Waals surface area contributed by atoms with Gasteiger partial charge in [-0.05, 0) is 99.5 Å². The van der Waals surface area contributed by atoms with Crippen molar-refractivity contribution < 1.29 is 14.3 Å². The molecular weight excluding hydrogens is 724 g/mol. The second-order valence-electron chi connectivity index (χ2n) is 7.16. The summed E-state index contributed by atoms with van der Waals surface area (Å²) >= 11 is 14.8. The van der Waals surface area contributed by atoms with Crippen molar-refractivity contribution in [2.45, 2.75) is 25.6 Å². The molecule has 0 saturated carbocycles. The van der Waals surface area contributed by atoms with E-state index in [4.69, 9.17) is 21.7 Å². The Balaban J connectivity index is 1.47. The molecule has 2 aliphatic rings. The van der Waals surface area contributed by atoms with Crippen LogP contribution in [0.2, 0.25) is 0 Å². The Morgan fingerprint density at radius 1 is 1.26 bits per heavy atom. The average Bonchev–Trinajstić information content (AvgIpc) is 3.33. The normalized spacial score (nSPS) is 20.2. The van der Waals surface area contributed by atoms with Crippen molar-refractivity contribution in [1.29, 1.82) is 0 Å². The number of thiocarbonyl (C=S) groups is 1. The molecule has 9 heteroatoms. The summed E-state index contributed by atoms with van der Waals surface area (Å²) in [5.41, 5.74) is 2.07. The zero-order valence-electron chi connectivity index (χ0n) is 16.3. The van der Waals surface area contributed by atoms with Crippen LogP contribution in [0.4, 0.5) is 0 Å². The van der Waals surface area contributed by atoms with Gasteiger partial charge in [0, 0.05) is 11.1 Å². The summed E-state index contributed by atoms with van der Waals surface area (Å²) in [6.07, 6.45) is 4.03. The van der Waals surface area contributed by atoms with Gasteiger partial charge >= 0.3 is 0 Å². The number of hydrogen-bond donors (Lipinski definition) is 0. The van der Waals surface area contributed by atoms with Gasteiger partial charge < -0.3 is 9.47 Å². The molecule has 2 aromatic carbocycles. The maximum Gasteiger partial charge on any atom is 0.266 e. The third kappa shape index (κ3) is 6.03. The highest BCUT2D eigenvalue weighted by Gasteiger charge is 2.34. The second kappa shape index (κ2) is 10.8. The molecule has 4 nitrogen and oxygen atoms in total. The van der Waals surface area contributed by atoms with E-state index < -0.39 is 0 Å². The van der Waals surface area contributed by atoms with Crippen LogP contribution in [-0.4, -0.2) is 34.4 Å². The SMILES string of the molecule is O=C1/C(=C/c2cc(I)c(OCc3ccc(Br)cc3)c(I)c2)SC(=S)N1C[C@H]1CCCO1. The third-order valence-electron chi connectivity index (χ3n) is 4.90. The fourth-order valence-electron chi connectivity index (χ4n) is 3.34. The van der Waals surface area contributed by atoms with E-state index in [2.05, 4.69) is 61.1 Å². The van der Waals surface area contributed by atoms with Crippen LogP contribution in [0.15, 0.2) is 45.8 Å². The number of ether oxygens (including phenoxy) is 2. The lowest BCUT2D eigenvalue weighted by Crippen LogP contribution is -2.35. The summed E-state index contributed by atoms with van der Waals surface area (Å²) in [4.78, 5) is 15.2. The Bertz CT molecular complexity index is 1020. The maximum absolute atomic E-state index is 12.9. The van der Waals surface area contributed by atoms with E-state index in [0.29, 0.717) is 22.4 Å². The van der Waals surface area contributed by atoms with Gasteiger partial charge in [0.25, 0.3) is 5.91 Å². The van der Waals surface area contributed by atoms with Crippen molar-refractivity contribution in [3.05, 3.63) is 64.0 Å². The number of nitrogens with zero attached hydrogens (tertiary/aromatic N) is 1. The highest BCUT2D eigenvalue weighted by Crippen LogP contribution is 2.36. The van der Waals surface area contributed by atoms with Crippen molar-refractivity contribution in [1.82, 2.24) is 4.90 Å². The molecule has 0 spiro atoms. The van der Waals surface area contributed by atoms with Crippen LogP contribution >= 0.6 is 85.1 Å². The fraction of sp³-hybridized carbons (Fsp3) is 0.273. The molecule has 0 unspecified atom stereocenters. The molecule has 0 N–H and O–H groups in total. The minimum Gasteiger partial charge on any atom is -0.487 e. The van der Waals surface area contributed by atoms with Gasteiger partial charge in [-0.15, -0.1) is 0 Å². The number of amides is 1. The molecule has 162 valence electrons. The van der Waals surface area contributed by atoms with E-state index in [9.17, 15) is 4.79 Å². The monoisotopic (exact) mass is 741 g/mol. The summed E-state index contributed by atoms with van der Waals surface area (Å²) in [6.45, 7) is 1.81. The second-order valence-corrected chi connectivity index (χ2v) is 12.1. The highest BCUT2D eigenvalue weighted by molar-refractivity contribution is 14.1. The first kappa shape index (κ1) is 23.9. The Kier molecular flexibility index (Phi) is 8.35. The lowest BCUT2D eigenvalue weighted by atomic mass is 10.2. The zero-order valence-corrected chi connectivity index (χ0v) is 23.8. The number of hydrogen-bond acceptors (Lipinski definition) is 5. The number of rotatable bonds is 6. The van der Waals surface area contributed by atoms with E-state index >= 15 is 0 Å². The number of carbonyl (C=O) groups is 1. The van der Waals surface area contributed by atoms with Gasteiger partial charge in [0.2, 0.25) is 0 Å². The molecule has 0 aromatic heterocycles. The molecule has 31 heavy (non-hydrogen) atoms. The first-order chi connectivity index (χ1) is 14.9. The van der Waals surface area contributed by atoms with E-state index in [0.717, 1.165) is 47.9 Å². The quantitative estimate of drug-likeness (QED) is 0.189. The lowest BCUT2D eigenvalue weighted by molar-refractivity contribution is -0.123. The van der Waals surface area contributed by atoms with Gasteiger partial charge in [-0.1, -0.05) is 52.0 Å². The third-order valence-corrected chi connectivity index (χ3v) is 8.41. The molecule has 2 fully saturated rings. The summed E-state index contributed by atoms with van der Waals surface area (Å²) < 4.78 is 15.4. The van der Waals surface area contributed by atoms with Gasteiger partial charge in [-0.25, -0.2) is 0 Å². The van der Waals surface area contributed by atoms with Crippen molar-refractivity contribution in [3.8, 4) is 5.75 Å². The van der Waals surface area contributed by atoms with E-state index in [1.807, 2.05) is 42.5 Å². The molecule has 1 amide bonds. The molecule has 0 radical (unpaired) electrons. The topological polar surface area (TPSA) is 38.8 Å². The zero-order chi connectivity index (χ0) is 22.0. The summed E-state index contributed by atoms with van der Waals surface area (Å²) in [5.74, 6) is 0.818. The summed E-state index contributed by atoms with van der Waals surface area (Å²) in [6, 6.07) is 12.2. The molecule has 2 aromatic rings. The van der Waals surface area contributed by atoms with Crippen LogP contribution in [0.25, 0.3) is 6.08 Å². The predicted molar refractivity (Wildman–Crippen MR) is 149 cm³/mol. The Morgan fingerprint density at radius 3 is 2.61 bits per heavy atom. The molecule has 4 rings (SSSR count). The van der Waals surface area contributed by atoms with Crippen molar-refractivity contribution in [3.63, 3.8) is 0 Å². The van der Waals surface area contributed by atoms with Crippen molar-refractivity contribution in [2.75, 3.05) is 13.2 Å². The first-order valence-electron chi connectivity index (χ1n) is 9.64.